The summed E-state index contributed by atoms with van der Waals surface area (Å²) in [5, 5.41) is 54.7. The van der Waals surface area contributed by atoms with Crippen molar-refractivity contribution in [2.45, 2.75) is 378 Å². The highest BCUT2D eigenvalue weighted by atomic mass is 16.7. The third kappa shape index (κ3) is 51.4. The van der Waals surface area contributed by atoms with Gasteiger partial charge >= 0.3 is 0 Å². The number of amides is 1. The van der Waals surface area contributed by atoms with Gasteiger partial charge in [-0.15, -0.1) is 0 Å². The van der Waals surface area contributed by atoms with Crippen LogP contribution in [-0.4, -0.2) is 87.5 Å². The summed E-state index contributed by atoms with van der Waals surface area (Å²) in [6.45, 7) is 3.68. The zero-order valence-electron chi connectivity index (χ0n) is 54.2. The van der Waals surface area contributed by atoms with Crippen molar-refractivity contribution in [2.24, 2.45) is 0 Å². The summed E-state index contributed by atoms with van der Waals surface area (Å²) in [5.41, 5.74) is 0. The zero-order valence-corrected chi connectivity index (χ0v) is 54.2. The molecule has 1 rings (SSSR count). The maximum absolute atomic E-state index is 13.1. The molecule has 484 valence electrons. The van der Waals surface area contributed by atoms with Crippen molar-refractivity contribution in [1.82, 2.24) is 5.32 Å². The van der Waals surface area contributed by atoms with Gasteiger partial charge in [-0.05, 0) is 70.6 Å². The molecule has 0 spiro atoms. The van der Waals surface area contributed by atoms with Crippen LogP contribution in [-0.2, 0) is 14.3 Å². The third-order valence-electron chi connectivity index (χ3n) is 16.8. The molecule has 7 atom stereocenters. The number of aliphatic hydroxyl groups excluding tert-OH is 5. The van der Waals surface area contributed by atoms with Crippen molar-refractivity contribution in [3.63, 3.8) is 0 Å². The Morgan fingerprint density at radius 1 is 0.422 bits per heavy atom. The van der Waals surface area contributed by atoms with Crippen LogP contribution in [0.1, 0.15) is 335 Å². The van der Waals surface area contributed by atoms with E-state index in [0.717, 1.165) is 64.2 Å². The lowest BCUT2D eigenvalue weighted by molar-refractivity contribution is -0.302. The molecule has 83 heavy (non-hydrogen) atoms. The average molecular weight is 1170 g/mol. The Kier molecular flexibility index (Phi) is 59.4. The number of unbranched alkanes of at least 4 members (excludes halogenated alkanes) is 42. The molecule has 9 heteroatoms. The van der Waals surface area contributed by atoms with Crippen LogP contribution >= 0.6 is 0 Å². The van der Waals surface area contributed by atoms with Gasteiger partial charge in [0.15, 0.2) is 6.29 Å². The molecule has 7 unspecified atom stereocenters. The first-order valence-electron chi connectivity index (χ1n) is 35.7. The minimum Gasteiger partial charge on any atom is -0.394 e. The smallest absolute Gasteiger partial charge is 0.220 e. The minimum atomic E-state index is -1.57. The molecule has 0 aromatic carbocycles. The van der Waals surface area contributed by atoms with Gasteiger partial charge in [0.2, 0.25) is 5.91 Å². The Hall–Kier alpha value is -2.37. The number of carbonyl (C=O) groups is 1. The first kappa shape index (κ1) is 78.6. The second-order valence-corrected chi connectivity index (χ2v) is 24.6. The van der Waals surface area contributed by atoms with E-state index < -0.39 is 49.5 Å². The molecule has 1 fully saturated rings. The van der Waals surface area contributed by atoms with Gasteiger partial charge < -0.3 is 40.3 Å². The highest BCUT2D eigenvalue weighted by molar-refractivity contribution is 5.76. The number of ether oxygens (including phenoxy) is 2. The van der Waals surface area contributed by atoms with Gasteiger partial charge in [-0.3, -0.25) is 4.79 Å². The Bertz CT molecular complexity index is 1540. The van der Waals surface area contributed by atoms with Crippen LogP contribution in [0.3, 0.4) is 0 Å². The van der Waals surface area contributed by atoms with Crippen molar-refractivity contribution in [3.05, 3.63) is 72.9 Å². The molecule has 9 nitrogen and oxygen atoms in total. The lowest BCUT2D eigenvalue weighted by Gasteiger charge is -2.40. The van der Waals surface area contributed by atoms with Crippen molar-refractivity contribution < 1.29 is 39.8 Å². The molecule has 1 saturated heterocycles. The summed E-state index contributed by atoms with van der Waals surface area (Å²) in [6, 6.07) is -0.822. The van der Waals surface area contributed by atoms with E-state index in [2.05, 4.69) is 79.9 Å². The molecule has 6 N–H and O–H groups in total. The van der Waals surface area contributed by atoms with Gasteiger partial charge in [0, 0.05) is 6.42 Å². The molecule has 1 aliphatic heterocycles. The van der Waals surface area contributed by atoms with Crippen molar-refractivity contribution >= 4 is 5.91 Å². The lowest BCUT2D eigenvalue weighted by Crippen LogP contribution is -2.60. The van der Waals surface area contributed by atoms with Gasteiger partial charge in [0.05, 0.1) is 25.4 Å². The molecule has 0 aromatic heterocycles. The number of carbonyl (C=O) groups excluding carboxylic acids is 1. The van der Waals surface area contributed by atoms with Crippen LogP contribution in [0.4, 0.5) is 0 Å². The van der Waals surface area contributed by atoms with Crippen LogP contribution in [0.15, 0.2) is 72.9 Å². The van der Waals surface area contributed by atoms with E-state index in [1.54, 1.807) is 6.08 Å². The van der Waals surface area contributed by atoms with Gasteiger partial charge in [0.25, 0.3) is 0 Å². The van der Waals surface area contributed by atoms with Gasteiger partial charge in [-0.25, -0.2) is 0 Å². The minimum absolute atomic E-state index is 0.181. The molecule has 0 aromatic rings. The first-order chi connectivity index (χ1) is 40.8. The van der Waals surface area contributed by atoms with Crippen molar-refractivity contribution in [1.29, 1.82) is 0 Å². The van der Waals surface area contributed by atoms with Crippen LogP contribution in [0, 0.1) is 0 Å². The first-order valence-corrected chi connectivity index (χ1v) is 35.7. The van der Waals surface area contributed by atoms with Gasteiger partial charge in [-0.2, -0.15) is 0 Å². The topological polar surface area (TPSA) is 149 Å². The molecule has 0 aliphatic carbocycles. The van der Waals surface area contributed by atoms with E-state index in [1.807, 2.05) is 6.08 Å². The predicted molar refractivity (Wildman–Crippen MR) is 355 cm³/mol. The highest BCUT2D eigenvalue weighted by Gasteiger charge is 2.44. The number of hydrogen-bond donors (Lipinski definition) is 6. The second-order valence-electron chi connectivity index (χ2n) is 24.6. The SMILES string of the molecule is CC/C=C\C/C=C\C/C=C\C/C=C\CCCCCCCCCCCCCCCCCCCCCCCCCCCCCCC(=O)NC(COC1OC(CO)C(O)C(O)C1O)C(O)/C=C/CC/C=C/CCCCCCCCCCCCCCC. The van der Waals surface area contributed by atoms with Crippen LogP contribution in [0.2, 0.25) is 0 Å². The number of rotatable bonds is 62. The monoisotopic (exact) mass is 1170 g/mol. The molecule has 1 amide bonds. The fourth-order valence-corrected chi connectivity index (χ4v) is 11.2. The van der Waals surface area contributed by atoms with Gasteiger partial charge in [-0.1, -0.05) is 331 Å². The second kappa shape index (κ2) is 62.7. The molecule has 1 aliphatic rings. The van der Waals surface area contributed by atoms with Crippen LogP contribution in [0.5, 0.6) is 0 Å². The van der Waals surface area contributed by atoms with Crippen molar-refractivity contribution in [2.75, 3.05) is 13.2 Å². The lowest BCUT2D eigenvalue weighted by atomic mass is 9.99. The van der Waals surface area contributed by atoms with E-state index >= 15 is 0 Å². The van der Waals surface area contributed by atoms with E-state index in [4.69, 9.17) is 9.47 Å². The average Bonchev–Trinajstić information content (AvgIpc) is 3.61. The maximum atomic E-state index is 13.1. The fourth-order valence-electron chi connectivity index (χ4n) is 11.2. The summed E-state index contributed by atoms with van der Waals surface area (Å²) in [7, 11) is 0. The molecule has 0 radical (unpaired) electrons. The largest absolute Gasteiger partial charge is 0.394 e. The van der Waals surface area contributed by atoms with Crippen LogP contribution < -0.4 is 5.32 Å². The molecular formula is C74H135NO8. The predicted octanol–water partition coefficient (Wildman–Crippen LogP) is 19.5. The molecular weight excluding hydrogens is 1030 g/mol. The number of hydrogen-bond acceptors (Lipinski definition) is 8. The zero-order chi connectivity index (χ0) is 60.0. The van der Waals surface area contributed by atoms with E-state index in [0.29, 0.717) is 6.42 Å². The third-order valence-corrected chi connectivity index (χ3v) is 16.8. The van der Waals surface area contributed by atoms with E-state index in [1.165, 1.54) is 250 Å². The summed E-state index contributed by atoms with van der Waals surface area (Å²) in [4.78, 5) is 13.1. The highest BCUT2D eigenvalue weighted by Crippen LogP contribution is 2.23. The Labute approximate surface area is 512 Å². The summed E-state index contributed by atoms with van der Waals surface area (Å²) < 4.78 is 11.3. The normalized spacial score (nSPS) is 18.7. The summed E-state index contributed by atoms with van der Waals surface area (Å²) in [5.74, 6) is -0.181. The number of aliphatic hydroxyl groups is 5. The van der Waals surface area contributed by atoms with Crippen molar-refractivity contribution in [3.8, 4) is 0 Å². The number of allylic oxidation sites excluding steroid dienone is 11. The quantitative estimate of drug-likeness (QED) is 0.0261. The van der Waals surface area contributed by atoms with E-state index in [-0.39, 0.29) is 12.5 Å². The fraction of sp³-hybridized carbons (Fsp3) is 0.824. The standard InChI is InChI=1S/C74H135NO8/c1-3-5-7-9-11-13-15-17-19-21-23-24-25-26-27-28-29-30-31-32-33-34-35-36-37-38-39-40-41-42-43-44-46-48-50-52-54-56-58-60-62-64-70(78)75-67(66-82-74-73(81)72(80)71(79)69(65-76)83-74)68(77)63-61-59-57-55-53-51-49-47-45-22-20-18-16-14-12-10-8-6-4-2/h5,7,11,13,17,19,23-24,53,55,61,63,67-69,71-74,76-77,79-81H,3-4,6,8-10,12,14-16,18,20-22,25-52,54,56-60,62,64-66H2,1-2H3,(H,75,78)/b7-5-,13-11-,19-17-,24-23-,55-53+,63-61+. The van der Waals surface area contributed by atoms with E-state index in [9.17, 15) is 30.3 Å². The molecule has 0 bridgehead atoms. The van der Waals surface area contributed by atoms with Gasteiger partial charge in [0.1, 0.15) is 24.4 Å². The molecule has 0 saturated carbocycles. The Morgan fingerprint density at radius 2 is 0.759 bits per heavy atom. The Morgan fingerprint density at radius 3 is 1.16 bits per heavy atom. The Balaban J connectivity index is 2.05. The summed E-state index contributed by atoms with van der Waals surface area (Å²) in [6.07, 6.45) is 81.7. The maximum Gasteiger partial charge on any atom is 0.220 e. The van der Waals surface area contributed by atoms with Crippen LogP contribution in [0.25, 0.3) is 0 Å². The number of nitrogens with one attached hydrogen (secondary N) is 1. The molecule has 1 heterocycles. The summed E-state index contributed by atoms with van der Waals surface area (Å²) >= 11 is 0.